The second-order valence-corrected chi connectivity index (χ2v) is 7.14. The van der Waals surface area contributed by atoms with E-state index in [1.54, 1.807) is 12.1 Å². The molecule has 3 rings (SSSR count). The van der Waals surface area contributed by atoms with Crippen molar-refractivity contribution >= 4 is 5.91 Å². The molecule has 1 aliphatic rings. The Bertz CT molecular complexity index is 733. The minimum atomic E-state index is -0.426. The second kappa shape index (κ2) is 7.98. The van der Waals surface area contributed by atoms with E-state index in [0.717, 1.165) is 24.2 Å². The van der Waals surface area contributed by atoms with Crippen LogP contribution in [0.2, 0.25) is 0 Å². The molecular weight excluding hydrogens is 329 g/mol. The van der Waals surface area contributed by atoms with E-state index in [1.807, 2.05) is 42.1 Å². The van der Waals surface area contributed by atoms with Crippen LogP contribution in [0.4, 0.5) is 4.39 Å². The lowest BCUT2D eigenvalue weighted by molar-refractivity contribution is -0.141. The summed E-state index contributed by atoms with van der Waals surface area (Å²) < 4.78 is 13.3. The van der Waals surface area contributed by atoms with Crippen LogP contribution in [0.3, 0.4) is 0 Å². The molecule has 0 N–H and O–H groups in total. The van der Waals surface area contributed by atoms with Gasteiger partial charge in [-0.3, -0.25) is 9.69 Å². The topological polar surface area (TPSA) is 26.8 Å². The Hall–Kier alpha value is -2.24. The van der Waals surface area contributed by atoms with Crippen molar-refractivity contribution in [2.24, 2.45) is 0 Å². The molecule has 0 spiro atoms. The highest BCUT2D eigenvalue weighted by Crippen LogP contribution is 2.30. The van der Waals surface area contributed by atoms with E-state index >= 15 is 0 Å². The Morgan fingerprint density at radius 3 is 2.35 bits per heavy atom. The van der Waals surface area contributed by atoms with E-state index in [9.17, 15) is 9.18 Å². The Balaban J connectivity index is 1.92. The van der Waals surface area contributed by atoms with Crippen LogP contribution in [0.25, 0.3) is 0 Å². The third-order valence-corrected chi connectivity index (χ3v) is 4.99. The highest BCUT2D eigenvalue weighted by atomic mass is 19.1. The van der Waals surface area contributed by atoms with Crippen LogP contribution in [0, 0.1) is 5.82 Å². The number of amides is 1. The molecule has 0 unspecified atom stereocenters. The summed E-state index contributed by atoms with van der Waals surface area (Å²) in [5.41, 5.74) is 1.95. The first-order chi connectivity index (χ1) is 12.5. The Labute approximate surface area is 154 Å². The molecule has 1 amide bonds. The number of halogens is 1. The summed E-state index contributed by atoms with van der Waals surface area (Å²) in [4.78, 5) is 19.6. The fraction of sp³-hybridized carbons (Fsp3) is 0.381. The number of carbonyl (C=O) groups is 1. The molecule has 1 heterocycles. The number of hydrogen-bond donors (Lipinski definition) is 0. The van der Waals surface area contributed by atoms with Crippen LogP contribution in [-0.2, 0) is 4.79 Å². The molecule has 2 aromatic carbocycles. The first-order valence-corrected chi connectivity index (χ1v) is 8.93. The highest BCUT2D eigenvalue weighted by molar-refractivity contribution is 5.84. The summed E-state index contributed by atoms with van der Waals surface area (Å²) >= 11 is 0. The smallest absolute Gasteiger partial charge is 0.245 e. The van der Waals surface area contributed by atoms with Crippen LogP contribution in [0.1, 0.15) is 23.2 Å². The van der Waals surface area contributed by atoms with E-state index in [2.05, 4.69) is 24.1 Å². The fourth-order valence-corrected chi connectivity index (χ4v) is 3.61. The van der Waals surface area contributed by atoms with Gasteiger partial charge in [0.05, 0.1) is 6.04 Å². The van der Waals surface area contributed by atoms with Gasteiger partial charge < -0.3 is 9.80 Å². The summed E-state index contributed by atoms with van der Waals surface area (Å²) in [6.45, 7) is 2.33. The van der Waals surface area contributed by atoms with Gasteiger partial charge in [0.2, 0.25) is 5.91 Å². The SMILES string of the molecule is CN1CCN(C(=O)[C@@H](c2ccc(F)cc2)N(C)C)[C@@H](c2ccccc2)C1. The molecule has 0 aliphatic carbocycles. The minimum Gasteiger partial charge on any atom is -0.331 e. The molecule has 0 radical (unpaired) electrons. The Morgan fingerprint density at radius 1 is 1.08 bits per heavy atom. The zero-order chi connectivity index (χ0) is 18.7. The zero-order valence-electron chi connectivity index (χ0n) is 15.6. The van der Waals surface area contributed by atoms with Gasteiger partial charge >= 0.3 is 0 Å². The van der Waals surface area contributed by atoms with Crippen LogP contribution in [-0.4, -0.2) is 61.4 Å². The normalized spacial score (nSPS) is 19.6. The van der Waals surface area contributed by atoms with Gasteiger partial charge in [0.1, 0.15) is 11.9 Å². The number of carbonyl (C=O) groups excluding carboxylic acids is 1. The van der Waals surface area contributed by atoms with Crippen molar-refractivity contribution in [3.63, 3.8) is 0 Å². The first-order valence-electron chi connectivity index (χ1n) is 8.93. The number of nitrogens with zero attached hydrogens (tertiary/aromatic N) is 3. The zero-order valence-corrected chi connectivity index (χ0v) is 15.6. The van der Waals surface area contributed by atoms with Crippen molar-refractivity contribution < 1.29 is 9.18 Å². The number of piperazine rings is 1. The lowest BCUT2D eigenvalue weighted by Gasteiger charge is -2.42. The maximum absolute atomic E-state index is 13.5. The summed E-state index contributed by atoms with van der Waals surface area (Å²) in [5, 5.41) is 0. The lowest BCUT2D eigenvalue weighted by Crippen LogP contribution is -2.52. The summed E-state index contributed by atoms with van der Waals surface area (Å²) in [6, 6.07) is 16.0. The molecule has 2 atom stereocenters. The third-order valence-electron chi connectivity index (χ3n) is 4.99. The van der Waals surface area contributed by atoms with Crippen LogP contribution >= 0.6 is 0 Å². The number of benzene rings is 2. The van der Waals surface area contributed by atoms with Crippen molar-refractivity contribution in [2.75, 3.05) is 40.8 Å². The molecule has 4 nitrogen and oxygen atoms in total. The maximum Gasteiger partial charge on any atom is 0.245 e. The molecule has 5 heteroatoms. The van der Waals surface area contributed by atoms with Crippen LogP contribution in [0.5, 0.6) is 0 Å². The third kappa shape index (κ3) is 3.94. The lowest BCUT2D eigenvalue weighted by atomic mass is 9.98. The highest BCUT2D eigenvalue weighted by Gasteiger charge is 2.35. The predicted molar refractivity (Wildman–Crippen MR) is 101 cm³/mol. The van der Waals surface area contributed by atoms with Gasteiger partial charge in [-0.25, -0.2) is 4.39 Å². The van der Waals surface area contributed by atoms with E-state index < -0.39 is 6.04 Å². The number of rotatable bonds is 4. The van der Waals surface area contributed by atoms with Gasteiger partial charge in [-0.2, -0.15) is 0 Å². The van der Waals surface area contributed by atoms with Crippen molar-refractivity contribution in [3.8, 4) is 0 Å². The minimum absolute atomic E-state index is 0.0188. The summed E-state index contributed by atoms with van der Waals surface area (Å²) in [6.07, 6.45) is 0. The Morgan fingerprint density at radius 2 is 1.73 bits per heavy atom. The largest absolute Gasteiger partial charge is 0.331 e. The van der Waals surface area contributed by atoms with E-state index in [4.69, 9.17) is 0 Å². The molecule has 2 aromatic rings. The average Bonchev–Trinajstić information content (AvgIpc) is 2.64. The van der Waals surface area contributed by atoms with Crippen LogP contribution < -0.4 is 0 Å². The maximum atomic E-state index is 13.5. The van der Waals surface area contributed by atoms with Gasteiger partial charge in [0, 0.05) is 19.6 Å². The first kappa shape index (κ1) is 18.5. The summed E-state index contributed by atoms with van der Waals surface area (Å²) in [5.74, 6) is -0.232. The van der Waals surface area contributed by atoms with E-state index in [-0.39, 0.29) is 17.8 Å². The fourth-order valence-electron chi connectivity index (χ4n) is 3.61. The molecule has 0 aromatic heterocycles. The van der Waals surface area contributed by atoms with Crippen LogP contribution in [0.15, 0.2) is 54.6 Å². The van der Waals surface area contributed by atoms with Crippen molar-refractivity contribution in [1.82, 2.24) is 14.7 Å². The molecule has 0 bridgehead atoms. The quantitative estimate of drug-likeness (QED) is 0.844. The standard InChI is InChI=1S/C21H26FN3O/c1-23(2)20(17-9-11-18(22)12-10-17)21(26)25-14-13-24(3)15-19(25)16-7-5-4-6-8-16/h4-12,19-20H,13-15H2,1-3H3/t19-,20-/m1/s1. The second-order valence-electron chi connectivity index (χ2n) is 7.14. The number of likely N-dealkylation sites (N-methyl/N-ethyl adjacent to an activating group) is 2. The monoisotopic (exact) mass is 355 g/mol. The molecular formula is C21H26FN3O. The van der Waals surface area contributed by atoms with Crippen molar-refractivity contribution in [3.05, 3.63) is 71.5 Å². The molecule has 1 saturated heterocycles. The van der Waals surface area contributed by atoms with E-state index in [0.29, 0.717) is 6.54 Å². The predicted octanol–water partition coefficient (Wildman–Crippen LogP) is 2.94. The Kier molecular flexibility index (Phi) is 5.69. The van der Waals surface area contributed by atoms with E-state index in [1.165, 1.54) is 12.1 Å². The molecule has 138 valence electrons. The van der Waals surface area contributed by atoms with Crippen molar-refractivity contribution in [1.29, 1.82) is 0 Å². The van der Waals surface area contributed by atoms with Gasteiger partial charge in [0.25, 0.3) is 0 Å². The van der Waals surface area contributed by atoms with Crippen molar-refractivity contribution in [2.45, 2.75) is 12.1 Å². The number of hydrogen-bond acceptors (Lipinski definition) is 3. The van der Waals surface area contributed by atoms with Gasteiger partial charge in [-0.15, -0.1) is 0 Å². The van der Waals surface area contributed by atoms with Gasteiger partial charge in [-0.1, -0.05) is 42.5 Å². The molecule has 0 saturated carbocycles. The average molecular weight is 355 g/mol. The molecule has 1 fully saturated rings. The molecule has 26 heavy (non-hydrogen) atoms. The van der Waals surface area contributed by atoms with Gasteiger partial charge in [0.15, 0.2) is 0 Å². The summed E-state index contributed by atoms with van der Waals surface area (Å²) in [7, 11) is 5.86. The molecule has 1 aliphatic heterocycles. The van der Waals surface area contributed by atoms with Gasteiger partial charge in [-0.05, 0) is 44.4 Å².